The molecule has 0 aliphatic carbocycles. The minimum Gasteiger partial charge on any atom is -0.479 e. The summed E-state index contributed by atoms with van der Waals surface area (Å²) < 4.78 is 9.23. The normalized spacial score (nSPS) is 7.69. The lowest BCUT2D eigenvalue weighted by molar-refractivity contribution is -0.136. The summed E-state index contributed by atoms with van der Waals surface area (Å²) in [7, 11) is 1.33. The fraction of sp³-hybridized carbons (Fsp3) is 0.500. The zero-order valence-electron chi connectivity index (χ0n) is 7.99. The van der Waals surface area contributed by atoms with Gasteiger partial charge in [-0.05, 0) is 26.1 Å². The number of rotatable bonds is 2. The van der Waals surface area contributed by atoms with Gasteiger partial charge in [-0.15, -0.1) is 0 Å². The first kappa shape index (κ1) is 14.9. The molecule has 0 radical (unpaired) electrons. The summed E-state index contributed by atoms with van der Waals surface area (Å²) in [5.74, 6) is -0.347. The SMILES string of the molecule is C=C(C)C(=O)OC.CCOC(=S)S. The summed E-state index contributed by atoms with van der Waals surface area (Å²) in [6.45, 7) is 7.43. The van der Waals surface area contributed by atoms with Crippen molar-refractivity contribution >= 4 is 35.2 Å². The van der Waals surface area contributed by atoms with Crippen LogP contribution in [0.15, 0.2) is 12.2 Å². The van der Waals surface area contributed by atoms with Crippen molar-refractivity contribution in [3.8, 4) is 0 Å². The van der Waals surface area contributed by atoms with E-state index in [4.69, 9.17) is 0 Å². The molecular weight excluding hydrogens is 208 g/mol. The molecule has 0 amide bonds. The van der Waals surface area contributed by atoms with Crippen LogP contribution in [0.2, 0.25) is 0 Å². The summed E-state index contributed by atoms with van der Waals surface area (Å²) in [5, 5.41) is 0. The van der Waals surface area contributed by atoms with Gasteiger partial charge in [0.2, 0.25) is 4.38 Å². The third-order valence-corrected chi connectivity index (χ3v) is 1.05. The Hall–Kier alpha value is -0.550. The molecular formula is C8H14O3S2. The lowest BCUT2D eigenvalue weighted by atomic mass is 10.4. The van der Waals surface area contributed by atoms with Crippen LogP contribution in [0, 0.1) is 0 Å². The molecule has 0 heterocycles. The highest BCUT2D eigenvalue weighted by atomic mass is 32.1. The predicted molar refractivity (Wildman–Crippen MR) is 60.0 cm³/mol. The first-order chi connectivity index (χ1) is 5.95. The smallest absolute Gasteiger partial charge is 0.332 e. The van der Waals surface area contributed by atoms with Gasteiger partial charge in [0.05, 0.1) is 13.7 Å². The standard InChI is InChI=1S/C5H8O2.C3H6OS2/c1-4(2)5(6)7-3;1-2-4-3(5)6/h1H2,2-3H3;2H2,1H3,(H,5,6). The van der Waals surface area contributed by atoms with Gasteiger partial charge >= 0.3 is 5.97 Å². The van der Waals surface area contributed by atoms with Gasteiger partial charge in [0.1, 0.15) is 0 Å². The lowest BCUT2D eigenvalue weighted by Gasteiger charge is -1.92. The molecule has 0 aromatic rings. The van der Waals surface area contributed by atoms with E-state index >= 15 is 0 Å². The number of methoxy groups -OCH3 is 1. The number of thiocarbonyl (C=S) groups is 1. The zero-order valence-corrected chi connectivity index (χ0v) is 9.71. The minimum atomic E-state index is -0.347. The number of ether oxygens (including phenoxy) is 2. The first-order valence-electron chi connectivity index (χ1n) is 3.55. The maximum Gasteiger partial charge on any atom is 0.332 e. The van der Waals surface area contributed by atoms with Gasteiger partial charge in [-0.3, -0.25) is 0 Å². The quantitative estimate of drug-likeness (QED) is 0.335. The Morgan fingerprint density at radius 2 is 2.08 bits per heavy atom. The Morgan fingerprint density at radius 3 is 2.08 bits per heavy atom. The molecule has 0 aromatic carbocycles. The van der Waals surface area contributed by atoms with Gasteiger partial charge in [0.25, 0.3) is 0 Å². The van der Waals surface area contributed by atoms with Crippen LogP contribution < -0.4 is 0 Å². The van der Waals surface area contributed by atoms with Gasteiger partial charge in [0.15, 0.2) is 0 Å². The highest BCUT2D eigenvalue weighted by Gasteiger charge is 1.95. The van der Waals surface area contributed by atoms with Crippen LogP contribution in [-0.4, -0.2) is 24.1 Å². The Balaban J connectivity index is 0. The highest BCUT2D eigenvalue weighted by molar-refractivity contribution is 8.10. The Bertz CT molecular complexity index is 190. The maximum atomic E-state index is 10.2. The van der Waals surface area contributed by atoms with Crippen molar-refractivity contribution in [1.82, 2.24) is 0 Å². The number of esters is 1. The van der Waals surface area contributed by atoms with Crippen molar-refractivity contribution in [2.24, 2.45) is 0 Å². The van der Waals surface area contributed by atoms with Crippen molar-refractivity contribution < 1.29 is 14.3 Å². The van der Waals surface area contributed by atoms with E-state index in [9.17, 15) is 4.79 Å². The summed E-state index contributed by atoms with van der Waals surface area (Å²) in [4.78, 5) is 10.2. The van der Waals surface area contributed by atoms with Gasteiger partial charge < -0.3 is 9.47 Å². The van der Waals surface area contributed by atoms with Crippen LogP contribution in [-0.2, 0) is 14.3 Å². The third kappa shape index (κ3) is 14.3. The van der Waals surface area contributed by atoms with Crippen LogP contribution in [0.3, 0.4) is 0 Å². The third-order valence-electron chi connectivity index (χ3n) is 0.802. The van der Waals surface area contributed by atoms with E-state index in [-0.39, 0.29) is 5.97 Å². The Labute approximate surface area is 89.5 Å². The zero-order chi connectivity index (χ0) is 10.9. The molecule has 0 aromatic heterocycles. The first-order valence-corrected chi connectivity index (χ1v) is 4.40. The molecule has 0 saturated carbocycles. The summed E-state index contributed by atoms with van der Waals surface area (Å²) in [6, 6.07) is 0. The largest absolute Gasteiger partial charge is 0.479 e. The molecule has 0 unspecified atom stereocenters. The predicted octanol–water partition coefficient (Wildman–Crippen LogP) is 1.97. The van der Waals surface area contributed by atoms with E-state index in [1.54, 1.807) is 6.92 Å². The van der Waals surface area contributed by atoms with Crippen LogP contribution >= 0.6 is 24.8 Å². The molecule has 0 spiro atoms. The molecule has 76 valence electrons. The average Bonchev–Trinajstić information content (AvgIpc) is 2.03. The van der Waals surface area contributed by atoms with Crippen LogP contribution in [0.4, 0.5) is 0 Å². The molecule has 0 aliphatic rings. The number of thiol groups is 1. The van der Waals surface area contributed by atoms with E-state index in [0.29, 0.717) is 16.6 Å². The fourth-order valence-electron chi connectivity index (χ4n) is 0.298. The summed E-state index contributed by atoms with van der Waals surface area (Å²) >= 11 is 8.12. The fourth-order valence-corrected chi connectivity index (χ4v) is 0.545. The van der Waals surface area contributed by atoms with Crippen molar-refractivity contribution in [2.75, 3.05) is 13.7 Å². The van der Waals surface area contributed by atoms with Gasteiger partial charge in [-0.1, -0.05) is 19.2 Å². The van der Waals surface area contributed by atoms with Gasteiger partial charge in [0, 0.05) is 5.57 Å². The van der Waals surface area contributed by atoms with Crippen molar-refractivity contribution in [1.29, 1.82) is 0 Å². The molecule has 13 heavy (non-hydrogen) atoms. The number of hydrogen-bond acceptors (Lipinski definition) is 4. The highest BCUT2D eigenvalue weighted by Crippen LogP contribution is 1.87. The molecule has 0 atom stereocenters. The summed E-state index contributed by atoms with van der Waals surface area (Å²) in [6.07, 6.45) is 0. The molecule has 0 rings (SSSR count). The second-order valence-electron chi connectivity index (χ2n) is 1.97. The summed E-state index contributed by atoms with van der Waals surface area (Å²) in [5.41, 5.74) is 0.433. The van der Waals surface area contributed by atoms with E-state index in [1.165, 1.54) is 7.11 Å². The average molecular weight is 222 g/mol. The molecule has 0 N–H and O–H groups in total. The molecule has 3 nitrogen and oxygen atoms in total. The number of hydrogen-bond donors (Lipinski definition) is 1. The van der Waals surface area contributed by atoms with Crippen molar-refractivity contribution in [3.05, 3.63) is 12.2 Å². The lowest BCUT2D eigenvalue weighted by Crippen LogP contribution is -1.98. The molecule has 5 heteroatoms. The minimum absolute atomic E-state index is 0.317. The monoisotopic (exact) mass is 222 g/mol. The maximum absolute atomic E-state index is 10.2. The van der Waals surface area contributed by atoms with Crippen molar-refractivity contribution in [3.63, 3.8) is 0 Å². The van der Waals surface area contributed by atoms with E-state index in [1.807, 2.05) is 6.92 Å². The van der Waals surface area contributed by atoms with Gasteiger partial charge in [-0.2, -0.15) is 0 Å². The van der Waals surface area contributed by atoms with Gasteiger partial charge in [-0.25, -0.2) is 4.79 Å². The molecule has 0 fully saturated rings. The Morgan fingerprint density at radius 1 is 1.62 bits per heavy atom. The van der Waals surface area contributed by atoms with E-state index < -0.39 is 0 Å². The van der Waals surface area contributed by atoms with Crippen LogP contribution in [0.1, 0.15) is 13.8 Å². The second-order valence-corrected chi connectivity index (χ2v) is 3.05. The van der Waals surface area contributed by atoms with E-state index in [2.05, 4.69) is 40.9 Å². The number of carbonyl (C=O) groups excluding carboxylic acids is 1. The topological polar surface area (TPSA) is 35.5 Å². The van der Waals surface area contributed by atoms with Crippen LogP contribution in [0.5, 0.6) is 0 Å². The van der Waals surface area contributed by atoms with Crippen LogP contribution in [0.25, 0.3) is 0 Å². The van der Waals surface area contributed by atoms with E-state index in [0.717, 1.165) is 0 Å². The molecule has 0 saturated heterocycles. The number of carbonyl (C=O) groups is 1. The second kappa shape index (κ2) is 9.54. The molecule has 0 bridgehead atoms. The van der Waals surface area contributed by atoms with Crippen molar-refractivity contribution in [2.45, 2.75) is 13.8 Å². The molecule has 0 aliphatic heterocycles. The Kier molecular flexibility index (Phi) is 11.0.